The molecule has 1 aromatic carbocycles. The van der Waals surface area contributed by atoms with Crippen LogP contribution >= 0.6 is 0 Å². The topological polar surface area (TPSA) is 99.4 Å². The lowest BCUT2D eigenvalue weighted by Gasteiger charge is -2.13. The first kappa shape index (κ1) is 20.8. The van der Waals surface area contributed by atoms with Gasteiger partial charge in [0.25, 0.3) is 5.91 Å². The van der Waals surface area contributed by atoms with Crippen molar-refractivity contribution in [1.82, 2.24) is 20.7 Å². The fourth-order valence-electron chi connectivity index (χ4n) is 3.49. The van der Waals surface area contributed by atoms with E-state index in [4.69, 9.17) is 14.0 Å². The van der Waals surface area contributed by atoms with Crippen LogP contribution < -0.4 is 14.8 Å². The summed E-state index contributed by atoms with van der Waals surface area (Å²) in [6.45, 7) is 4.37. The van der Waals surface area contributed by atoms with Gasteiger partial charge >= 0.3 is 0 Å². The molecule has 4 rings (SSSR count). The summed E-state index contributed by atoms with van der Waals surface area (Å²) in [5.74, 6) is 1.25. The van der Waals surface area contributed by atoms with Crippen LogP contribution in [0.5, 0.6) is 11.6 Å². The maximum atomic E-state index is 14.2. The zero-order valence-electron chi connectivity index (χ0n) is 17.5. The van der Waals surface area contributed by atoms with Gasteiger partial charge in [-0.2, -0.15) is 0 Å². The number of rotatable bonds is 7. The van der Waals surface area contributed by atoms with Gasteiger partial charge in [0.05, 0.1) is 19.3 Å². The molecule has 162 valence electrons. The molecule has 31 heavy (non-hydrogen) atoms. The molecule has 0 radical (unpaired) electrons. The summed E-state index contributed by atoms with van der Waals surface area (Å²) >= 11 is 0. The molecular formula is C22H23FN4O4. The Kier molecular flexibility index (Phi) is 5.83. The predicted molar refractivity (Wildman–Crippen MR) is 109 cm³/mol. The van der Waals surface area contributed by atoms with E-state index in [0.717, 1.165) is 0 Å². The van der Waals surface area contributed by atoms with Gasteiger partial charge < -0.3 is 19.3 Å². The Bertz CT molecular complexity index is 1080. The van der Waals surface area contributed by atoms with E-state index in [2.05, 4.69) is 34.5 Å². The van der Waals surface area contributed by atoms with Crippen LogP contribution in [-0.2, 0) is 12.8 Å². The smallest absolute Gasteiger partial charge is 0.273 e. The first-order valence-corrected chi connectivity index (χ1v) is 10.0. The van der Waals surface area contributed by atoms with E-state index in [1.807, 2.05) is 0 Å². The Labute approximate surface area is 178 Å². The number of carbonyl (C=O) groups excluding carboxylic acids is 1. The Balaban J connectivity index is 1.43. The lowest BCUT2D eigenvalue weighted by molar-refractivity contribution is 0.0924. The summed E-state index contributed by atoms with van der Waals surface area (Å²) in [5, 5.41) is 14.7. The van der Waals surface area contributed by atoms with Gasteiger partial charge in [-0.15, -0.1) is 10.2 Å². The number of methoxy groups -OCH3 is 1. The van der Waals surface area contributed by atoms with Crippen molar-refractivity contribution in [3.05, 3.63) is 53.2 Å². The SMILES string of the molecule is COc1ccc(-c2cc(F)cc3c2OC(CNC(=O)c2cc(CC(C)C)on2)C3)nn1. The lowest BCUT2D eigenvalue weighted by atomic mass is 10.0. The van der Waals surface area contributed by atoms with Gasteiger partial charge in [-0.1, -0.05) is 19.0 Å². The zero-order chi connectivity index (χ0) is 22.0. The van der Waals surface area contributed by atoms with Crippen LogP contribution in [-0.4, -0.2) is 41.0 Å². The molecule has 3 heterocycles. The maximum Gasteiger partial charge on any atom is 0.273 e. The Morgan fingerprint density at radius 1 is 1.29 bits per heavy atom. The summed E-state index contributed by atoms with van der Waals surface area (Å²) in [4.78, 5) is 12.4. The molecule has 0 saturated heterocycles. The van der Waals surface area contributed by atoms with Crippen molar-refractivity contribution < 1.29 is 23.2 Å². The van der Waals surface area contributed by atoms with Gasteiger partial charge in [0, 0.05) is 36.1 Å². The molecule has 3 aromatic rings. The fraction of sp³-hybridized carbons (Fsp3) is 0.364. The number of halogens is 1. The van der Waals surface area contributed by atoms with Crippen molar-refractivity contribution in [2.45, 2.75) is 32.8 Å². The molecule has 1 aliphatic heterocycles. The first-order chi connectivity index (χ1) is 14.9. The van der Waals surface area contributed by atoms with Gasteiger partial charge in [-0.05, 0) is 24.1 Å². The number of nitrogens with zero attached hydrogens (tertiary/aromatic N) is 3. The average molecular weight is 426 g/mol. The fourth-order valence-corrected chi connectivity index (χ4v) is 3.49. The third-order valence-corrected chi connectivity index (χ3v) is 4.88. The standard InChI is InChI=1S/C22H23FN4O4/c1-12(2)6-15-10-19(27-31-15)22(28)24-11-16-8-13-7-14(23)9-17(21(13)30-16)18-4-5-20(29-3)26-25-18/h4-5,7,9-10,12,16H,6,8,11H2,1-3H3,(H,24,28). The van der Waals surface area contributed by atoms with Crippen molar-refractivity contribution in [3.63, 3.8) is 0 Å². The van der Waals surface area contributed by atoms with Crippen LogP contribution in [0.4, 0.5) is 4.39 Å². The number of hydrogen-bond donors (Lipinski definition) is 1. The number of carbonyl (C=O) groups is 1. The predicted octanol–water partition coefficient (Wildman–Crippen LogP) is 3.21. The Morgan fingerprint density at radius 2 is 2.13 bits per heavy atom. The van der Waals surface area contributed by atoms with Gasteiger partial charge in [0.15, 0.2) is 5.69 Å². The van der Waals surface area contributed by atoms with Gasteiger partial charge in [0.2, 0.25) is 5.88 Å². The summed E-state index contributed by atoms with van der Waals surface area (Å²) in [5.41, 5.74) is 1.93. The third-order valence-electron chi connectivity index (χ3n) is 4.88. The summed E-state index contributed by atoms with van der Waals surface area (Å²) < 4.78 is 30.4. The van der Waals surface area contributed by atoms with E-state index in [1.165, 1.54) is 19.2 Å². The molecular weight excluding hydrogens is 403 g/mol. The molecule has 0 saturated carbocycles. The second-order valence-corrected chi connectivity index (χ2v) is 7.83. The van der Waals surface area contributed by atoms with Crippen molar-refractivity contribution in [3.8, 4) is 22.9 Å². The molecule has 9 heteroatoms. The van der Waals surface area contributed by atoms with Crippen LogP contribution in [0, 0.1) is 11.7 Å². The molecule has 0 bridgehead atoms. The van der Waals surface area contributed by atoms with Crippen LogP contribution in [0.3, 0.4) is 0 Å². The van der Waals surface area contributed by atoms with Gasteiger partial charge in [-0.25, -0.2) is 4.39 Å². The normalized spacial score (nSPS) is 14.9. The van der Waals surface area contributed by atoms with E-state index in [-0.39, 0.29) is 30.1 Å². The van der Waals surface area contributed by atoms with Crippen molar-refractivity contribution in [1.29, 1.82) is 0 Å². The maximum absolute atomic E-state index is 14.2. The molecule has 1 amide bonds. The second-order valence-electron chi connectivity index (χ2n) is 7.83. The number of ether oxygens (including phenoxy) is 2. The third kappa shape index (κ3) is 4.65. The van der Waals surface area contributed by atoms with Crippen molar-refractivity contribution in [2.24, 2.45) is 5.92 Å². The van der Waals surface area contributed by atoms with E-state index < -0.39 is 0 Å². The number of fused-ring (bicyclic) bond motifs is 1. The van der Waals surface area contributed by atoms with Crippen LogP contribution in [0.25, 0.3) is 11.3 Å². The van der Waals surface area contributed by atoms with E-state index in [9.17, 15) is 9.18 Å². The Hall–Kier alpha value is -3.49. The van der Waals surface area contributed by atoms with E-state index in [0.29, 0.717) is 53.0 Å². The van der Waals surface area contributed by atoms with Crippen molar-refractivity contribution >= 4 is 5.91 Å². The van der Waals surface area contributed by atoms with E-state index in [1.54, 1.807) is 18.2 Å². The van der Waals surface area contributed by atoms with Crippen LogP contribution in [0.2, 0.25) is 0 Å². The monoisotopic (exact) mass is 426 g/mol. The number of aromatic nitrogens is 3. The molecule has 8 nitrogen and oxygen atoms in total. The molecule has 1 unspecified atom stereocenters. The molecule has 0 spiro atoms. The zero-order valence-corrected chi connectivity index (χ0v) is 17.5. The molecule has 0 fully saturated rings. The number of amides is 1. The lowest BCUT2D eigenvalue weighted by Crippen LogP contribution is -2.34. The van der Waals surface area contributed by atoms with Gasteiger partial charge in [-0.3, -0.25) is 4.79 Å². The molecule has 1 N–H and O–H groups in total. The summed E-state index contributed by atoms with van der Waals surface area (Å²) in [6.07, 6.45) is 0.832. The summed E-state index contributed by atoms with van der Waals surface area (Å²) in [6, 6.07) is 7.79. The quantitative estimate of drug-likeness (QED) is 0.619. The molecule has 2 aromatic heterocycles. The number of benzene rings is 1. The minimum absolute atomic E-state index is 0.228. The van der Waals surface area contributed by atoms with Gasteiger partial charge in [0.1, 0.15) is 23.4 Å². The van der Waals surface area contributed by atoms with E-state index >= 15 is 0 Å². The molecule has 1 atom stereocenters. The highest BCUT2D eigenvalue weighted by atomic mass is 19.1. The minimum Gasteiger partial charge on any atom is -0.487 e. The van der Waals surface area contributed by atoms with Crippen LogP contribution in [0.15, 0.2) is 34.9 Å². The molecule has 0 aliphatic carbocycles. The number of nitrogens with one attached hydrogen (secondary N) is 1. The van der Waals surface area contributed by atoms with Crippen molar-refractivity contribution in [2.75, 3.05) is 13.7 Å². The average Bonchev–Trinajstić information content (AvgIpc) is 3.37. The van der Waals surface area contributed by atoms with Crippen LogP contribution in [0.1, 0.15) is 35.7 Å². The summed E-state index contributed by atoms with van der Waals surface area (Å²) in [7, 11) is 1.50. The second kappa shape index (κ2) is 8.71. The number of hydrogen-bond acceptors (Lipinski definition) is 7. The first-order valence-electron chi connectivity index (χ1n) is 10.0. The largest absolute Gasteiger partial charge is 0.487 e. The highest BCUT2D eigenvalue weighted by Gasteiger charge is 2.28. The minimum atomic E-state index is -0.389. The Morgan fingerprint density at radius 3 is 2.84 bits per heavy atom. The highest BCUT2D eigenvalue weighted by Crippen LogP contribution is 2.39. The molecule has 1 aliphatic rings. The highest BCUT2D eigenvalue weighted by molar-refractivity contribution is 5.92.